The lowest BCUT2D eigenvalue weighted by atomic mass is 9.88. The van der Waals surface area contributed by atoms with Crippen LogP contribution >= 0.6 is 23.1 Å². The standard InChI is InChI=1S/C36H32N2O2S2/c1-3-5-19-37-29-17-15-23-11-7-9-13-25(23)35(29)41-31(37)21-27-33(39)28(34(27)40)22-32-38(20-6-4-2)30-18-16-24-12-8-10-14-26(24)36(30)42-32/h7-18,21-22H,3-6,19-20H2,1-2H3/p+1. The van der Waals surface area contributed by atoms with Gasteiger partial charge in [-0.05, 0) is 40.8 Å². The molecule has 2 heterocycles. The van der Waals surface area contributed by atoms with Gasteiger partial charge >= 0.3 is 0 Å². The van der Waals surface area contributed by atoms with Gasteiger partial charge in [0.2, 0.25) is 11.3 Å². The number of aryl methyl sites for hydroxylation is 1. The van der Waals surface area contributed by atoms with E-state index in [0.717, 1.165) is 48.8 Å². The van der Waals surface area contributed by atoms with E-state index in [0.29, 0.717) is 11.1 Å². The van der Waals surface area contributed by atoms with E-state index in [-0.39, 0.29) is 11.5 Å². The summed E-state index contributed by atoms with van der Waals surface area (Å²) in [6, 6.07) is 25.6. The van der Waals surface area contributed by atoms with Crippen LogP contribution < -0.4 is 9.47 Å². The number of allylic oxidation sites excluding steroid dienone is 3. The third-order valence-electron chi connectivity index (χ3n) is 8.25. The van der Waals surface area contributed by atoms with Crippen LogP contribution in [0, 0.1) is 0 Å². The zero-order chi connectivity index (χ0) is 28.8. The second-order valence-electron chi connectivity index (χ2n) is 11.0. The summed E-state index contributed by atoms with van der Waals surface area (Å²) >= 11 is 3.39. The molecule has 1 aliphatic carbocycles. The molecule has 0 spiro atoms. The number of aliphatic hydroxyl groups is 1. The van der Waals surface area contributed by atoms with Crippen LogP contribution in [0.5, 0.6) is 0 Å². The van der Waals surface area contributed by atoms with Crippen LogP contribution in [0.3, 0.4) is 0 Å². The molecule has 42 heavy (non-hydrogen) atoms. The summed E-state index contributed by atoms with van der Waals surface area (Å²) in [6.07, 6.45) is 8.06. The lowest BCUT2D eigenvalue weighted by molar-refractivity contribution is -0.669. The molecule has 0 amide bonds. The van der Waals surface area contributed by atoms with Crippen molar-refractivity contribution >= 4 is 72.4 Å². The molecule has 7 rings (SSSR count). The summed E-state index contributed by atoms with van der Waals surface area (Å²) < 4.78 is 3.52. The lowest BCUT2D eigenvalue weighted by Crippen LogP contribution is -2.35. The average molecular weight is 590 g/mol. The number of thioether (sulfide) groups is 1. The fraction of sp³-hybridized carbons (Fsp3) is 0.222. The third-order valence-corrected chi connectivity index (χ3v) is 10.6. The summed E-state index contributed by atoms with van der Waals surface area (Å²) in [7, 11) is 0. The van der Waals surface area contributed by atoms with Crippen molar-refractivity contribution in [3.63, 3.8) is 0 Å². The van der Waals surface area contributed by atoms with Crippen molar-refractivity contribution in [3.05, 3.63) is 106 Å². The number of unbranched alkanes of at least 4 members (excludes halogenated alkanes) is 2. The fourth-order valence-electron chi connectivity index (χ4n) is 5.93. The minimum absolute atomic E-state index is 0.0914. The summed E-state index contributed by atoms with van der Waals surface area (Å²) in [6.45, 7) is 6.13. The van der Waals surface area contributed by atoms with Crippen molar-refractivity contribution in [2.45, 2.75) is 51.0 Å². The second-order valence-corrected chi connectivity index (χ2v) is 13.0. The van der Waals surface area contributed by atoms with E-state index in [1.165, 1.54) is 42.3 Å². The van der Waals surface area contributed by atoms with Crippen LogP contribution in [0.15, 0.2) is 106 Å². The highest BCUT2D eigenvalue weighted by molar-refractivity contribution is 8.04. The van der Waals surface area contributed by atoms with Gasteiger partial charge in [-0.25, -0.2) is 0 Å². The highest BCUT2D eigenvalue weighted by Gasteiger charge is 2.36. The number of carbonyl (C=O) groups is 1. The van der Waals surface area contributed by atoms with Gasteiger partial charge in [-0.2, -0.15) is 4.57 Å². The number of nitrogens with zero attached hydrogens (tertiary/aromatic N) is 2. The Morgan fingerprint density at radius 2 is 1.57 bits per heavy atom. The number of Topliss-reactive ketones (excluding diaryl/α,β-unsaturated/α-hetero) is 1. The first-order valence-corrected chi connectivity index (χ1v) is 16.4. The average Bonchev–Trinajstić information content (AvgIpc) is 3.57. The monoisotopic (exact) mass is 589 g/mol. The van der Waals surface area contributed by atoms with Crippen LogP contribution in [-0.4, -0.2) is 17.4 Å². The molecule has 4 nitrogen and oxygen atoms in total. The van der Waals surface area contributed by atoms with E-state index in [4.69, 9.17) is 0 Å². The number of thiazole rings is 1. The Bertz CT molecular complexity index is 1980. The molecule has 5 aromatic rings. The number of anilines is 1. The molecular formula is C36H33N2O2S2+. The van der Waals surface area contributed by atoms with Gasteiger partial charge in [-0.3, -0.25) is 4.79 Å². The van der Waals surface area contributed by atoms with Gasteiger partial charge in [0.05, 0.1) is 21.9 Å². The SMILES string of the molecule is CCCCN1C(=CC2=C(O)C(=Cc3sc4c5ccccc5ccc4[n+]3CCCC)C2=O)Sc2c1ccc1ccccc21. The Morgan fingerprint density at radius 1 is 0.857 bits per heavy atom. The quantitative estimate of drug-likeness (QED) is 0.145. The molecule has 0 fully saturated rings. The largest absolute Gasteiger partial charge is 0.506 e. The molecule has 1 aliphatic heterocycles. The molecule has 6 heteroatoms. The second kappa shape index (κ2) is 11.1. The topological polar surface area (TPSA) is 44.4 Å². The minimum Gasteiger partial charge on any atom is -0.506 e. The van der Waals surface area contributed by atoms with Crippen molar-refractivity contribution < 1.29 is 14.5 Å². The van der Waals surface area contributed by atoms with Crippen LogP contribution in [0.25, 0.3) is 37.8 Å². The Hall–Kier alpha value is -3.87. The molecule has 1 N–H and O–H groups in total. The first kappa shape index (κ1) is 27.0. The number of hydrogen-bond donors (Lipinski definition) is 1. The van der Waals surface area contributed by atoms with E-state index >= 15 is 0 Å². The zero-order valence-electron chi connectivity index (χ0n) is 23.9. The number of fused-ring (bicyclic) bond motifs is 6. The highest BCUT2D eigenvalue weighted by Crippen LogP contribution is 2.50. The van der Waals surface area contributed by atoms with Gasteiger partial charge in [0.25, 0.3) is 5.01 Å². The number of rotatable bonds is 8. The van der Waals surface area contributed by atoms with E-state index in [9.17, 15) is 9.90 Å². The zero-order valence-corrected chi connectivity index (χ0v) is 25.5. The number of benzene rings is 4. The Balaban J connectivity index is 1.28. The van der Waals surface area contributed by atoms with Gasteiger partial charge in [0.15, 0.2) is 6.54 Å². The lowest BCUT2D eigenvalue weighted by Gasteiger charge is -2.23. The first-order valence-electron chi connectivity index (χ1n) is 14.8. The smallest absolute Gasteiger partial charge is 0.263 e. The van der Waals surface area contributed by atoms with Crippen molar-refractivity contribution in [1.29, 1.82) is 0 Å². The molecule has 2 aliphatic rings. The maximum Gasteiger partial charge on any atom is 0.263 e. The van der Waals surface area contributed by atoms with Crippen molar-refractivity contribution in [2.24, 2.45) is 0 Å². The van der Waals surface area contributed by atoms with Crippen molar-refractivity contribution in [2.75, 3.05) is 11.4 Å². The first-order chi connectivity index (χ1) is 20.6. The molecule has 0 radical (unpaired) electrons. The van der Waals surface area contributed by atoms with Crippen molar-refractivity contribution in [3.8, 4) is 0 Å². The Morgan fingerprint density at radius 3 is 2.33 bits per heavy atom. The van der Waals surface area contributed by atoms with Crippen LogP contribution in [0.2, 0.25) is 0 Å². The summed E-state index contributed by atoms with van der Waals surface area (Å²) in [5.74, 6) is -0.00470. The number of carbonyl (C=O) groups excluding carboxylic acids is 1. The van der Waals surface area contributed by atoms with Crippen LogP contribution in [0.1, 0.15) is 44.5 Å². The van der Waals surface area contributed by atoms with Gasteiger partial charge < -0.3 is 10.0 Å². The molecule has 0 saturated carbocycles. The van der Waals surface area contributed by atoms with Crippen molar-refractivity contribution in [1.82, 2.24) is 0 Å². The predicted octanol–water partition coefficient (Wildman–Crippen LogP) is 9.33. The molecule has 0 saturated heterocycles. The van der Waals surface area contributed by atoms with E-state index in [1.54, 1.807) is 23.1 Å². The molecule has 0 unspecified atom stereocenters. The van der Waals surface area contributed by atoms with E-state index in [2.05, 4.69) is 96.1 Å². The van der Waals surface area contributed by atoms with E-state index in [1.807, 2.05) is 12.2 Å². The highest BCUT2D eigenvalue weighted by atomic mass is 32.2. The predicted molar refractivity (Wildman–Crippen MR) is 177 cm³/mol. The van der Waals surface area contributed by atoms with Crippen LogP contribution in [0.4, 0.5) is 5.69 Å². The number of aromatic nitrogens is 1. The molecule has 210 valence electrons. The van der Waals surface area contributed by atoms with Gasteiger partial charge in [-0.15, -0.1) is 0 Å². The number of hydrogen-bond acceptors (Lipinski definition) is 5. The summed E-state index contributed by atoms with van der Waals surface area (Å²) in [5, 5.41) is 18.1. The molecular weight excluding hydrogens is 557 g/mol. The number of aliphatic hydroxyl groups excluding tert-OH is 1. The maximum absolute atomic E-state index is 13.6. The summed E-state index contributed by atoms with van der Waals surface area (Å²) in [5.41, 5.74) is 3.15. The summed E-state index contributed by atoms with van der Waals surface area (Å²) in [4.78, 5) is 17.1. The van der Waals surface area contributed by atoms with Gasteiger partial charge in [0, 0.05) is 35.4 Å². The van der Waals surface area contributed by atoms with Gasteiger partial charge in [-0.1, -0.05) is 104 Å². The molecule has 0 atom stereocenters. The molecule has 0 bridgehead atoms. The minimum atomic E-state index is -0.0961. The molecule has 1 aromatic heterocycles. The Labute approximate surface area is 254 Å². The Kier molecular flexibility index (Phi) is 7.12. The third kappa shape index (κ3) is 4.45. The maximum atomic E-state index is 13.6. The fourth-order valence-corrected chi connectivity index (χ4v) is 8.45. The van der Waals surface area contributed by atoms with Crippen LogP contribution in [-0.2, 0) is 11.3 Å². The number of ketones is 1. The normalized spacial score (nSPS) is 16.9. The van der Waals surface area contributed by atoms with Gasteiger partial charge in [0.1, 0.15) is 10.5 Å². The van der Waals surface area contributed by atoms with E-state index < -0.39 is 0 Å². The molecule has 4 aromatic carbocycles.